The minimum absolute atomic E-state index is 0.000508. The van der Waals surface area contributed by atoms with E-state index in [9.17, 15) is 4.79 Å². The number of nitrogens with two attached hydrogens (primary N) is 1. The number of hydrogen-bond acceptors (Lipinski definition) is 3. The van der Waals surface area contributed by atoms with Gasteiger partial charge in [0.2, 0.25) is 0 Å². The Morgan fingerprint density at radius 3 is 2.42 bits per heavy atom. The Kier molecular flexibility index (Phi) is 3.85. The second-order valence-electron chi connectivity index (χ2n) is 4.36. The second-order valence-corrected chi connectivity index (χ2v) is 4.36. The van der Waals surface area contributed by atoms with Crippen LogP contribution in [0, 0.1) is 6.92 Å². The van der Waals surface area contributed by atoms with E-state index in [0.717, 1.165) is 11.3 Å². The van der Waals surface area contributed by atoms with Crippen molar-refractivity contribution in [3.8, 4) is 5.75 Å². The lowest BCUT2D eigenvalue weighted by atomic mass is 9.99. The Labute approximate surface area is 113 Å². The van der Waals surface area contributed by atoms with E-state index in [2.05, 4.69) is 0 Å². The van der Waals surface area contributed by atoms with Crippen molar-refractivity contribution in [3.05, 3.63) is 59.2 Å². The molecule has 3 heteroatoms. The normalized spacial score (nSPS) is 10.2. The molecule has 0 fully saturated rings. The summed E-state index contributed by atoms with van der Waals surface area (Å²) in [5.74, 6) is 0.786. The highest BCUT2D eigenvalue weighted by atomic mass is 16.5. The third-order valence-electron chi connectivity index (χ3n) is 2.93. The zero-order valence-corrected chi connectivity index (χ0v) is 11.1. The van der Waals surface area contributed by atoms with Crippen LogP contribution in [-0.4, -0.2) is 12.4 Å². The molecule has 0 saturated carbocycles. The van der Waals surface area contributed by atoms with Crippen molar-refractivity contribution in [2.24, 2.45) is 0 Å². The molecule has 0 aliphatic carbocycles. The molecule has 0 unspecified atom stereocenters. The molecule has 3 nitrogen and oxygen atoms in total. The third kappa shape index (κ3) is 2.94. The summed E-state index contributed by atoms with van der Waals surface area (Å²) in [5.41, 5.74) is 8.51. The predicted octanol–water partition coefficient (Wildman–Crippen LogP) is 3.21. The summed E-state index contributed by atoms with van der Waals surface area (Å²) in [6.07, 6.45) is 0. The summed E-state index contributed by atoms with van der Waals surface area (Å²) < 4.78 is 5.42. The molecule has 98 valence electrons. The zero-order valence-electron chi connectivity index (χ0n) is 11.1. The van der Waals surface area contributed by atoms with E-state index in [1.54, 1.807) is 30.3 Å². The van der Waals surface area contributed by atoms with Crippen molar-refractivity contribution in [1.29, 1.82) is 0 Å². The molecule has 0 heterocycles. The van der Waals surface area contributed by atoms with Crippen LogP contribution in [0.1, 0.15) is 28.4 Å². The molecule has 19 heavy (non-hydrogen) atoms. The molecular weight excluding hydrogens is 238 g/mol. The smallest absolute Gasteiger partial charge is 0.193 e. The fourth-order valence-electron chi connectivity index (χ4n) is 1.94. The first-order chi connectivity index (χ1) is 9.11. The van der Waals surface area contributed by atoms with Crippen molar-refractivity contribution >= 4 is 11.5 Å². The van der Waals surface area contributed by atoms with Gasteiger partial charge in [-0.05, 0) is 61.9 Å². The number of rotatable bonds is 4. The number of ketones is 1. The van der Waals surface area contributed by atoms with E-state index in [1.807, 2.05) is 26.0 Å². The predicted molar refractivity (Wildman–Crippen MR) is 76.6 cm³/mol. The second kappa shape index (κ2) is 5.57. The number of carbonyl (C=O) groups excluding carboxylic acids is 1. The van der Waals surface area contributed by atoms with Gasteiger partial charge in [0.25, 0.3) is 0 Å². The van der Waals surface area contributed by atoms with Crippen molar-refractivity contribution in [3.63, 3.8) is 0 Å². The Hall–Kier alpha value is -2.29. The summed E-state index contributed by atoms with van der Waals surface area (Å²) >= 11 is 0. The van der Waals surface area contributed by atoms with E-state index in [-0.39, 0.29) is 5.78 Å². The van der Waals surface area contributed by atoms with Crippen LogP contribution in [0.5, 0.6) is 5.75 Å². The maximum atomic E-state index is 12.4. The monoisotopic (exact) mass is 255 g/mol. The molecule has 0 bridgehead atoms. The first-order valence-corrected chi connectivity index (χ1v) is 6.25. The molecule has 2 rings (SSSR count). The molecule has 0 amide bonds. The third-order valence-corrected chi connectivity index (χ3v) is 2.93. The van der Waals surface area contributed by atoms with Crippen LogP contribution in [0.15, 0.2) is 42.5 Å². The van der Waals surface area contributed by atoms with Gasteiger partial charge in [-0.2, -0.15) is 0 Å². The average molecular weight is 255 g/mol. The lowest BCUT2D eigenvalue weighted by molar-refractivity contribution is 0.103. The van der Waals surface area contributed by atoms with Gasteiger partial charge in [-0.15, -0.1) is 0 Å². The Bertz CT molecular complexity index is 588. The summed E-state index contributed by atoms with van der Waals surface area (Å²) in [4.78, 5) is 12.4. The van der Waals surface area contributed by atoms with Crippen molar-refractivity contribution in [2.75, 3.05) is 12.3 Å². The fourth-order valence-corrected chi connectivity index (χ4v) is 1.94. The minimum Gasteiger partial charge on any atom is -0.494 e. The molecule has 0 spiro atoms. The van der Waals surface area contributed by atoms with Crippen molar-refractivity contribution in [2.45, 2.75) is 13.8 Å². The number of anilines is 1. The quantitative estimate of drug-likeness (QED) is 0.674. The number of aryl methyl sites for hydroxylation is 1. The molecule has 2 aromatic rings. The van der Waals surface area contributed by atoms with Crippen LogP contribution < -0.4 is 10.5 Å². The molecule has 0 aliphatic rings. The lowest BCUT2D eigenvalue weighted by Crippen LogP contribution is -2.04. The SMILES string of the molecule is CCOc1ccc(C(=O)c2ccc(N)cc2)c(C)c1. The van der Waals surface area contributed by atoms with Gasteiger partial charge >= 0.3 is 0 Å². The number of ether oxygens (including phenoxy) is 1. The standard InChI is InChI=1S/C16H17NO2/c1-3-19-14-8-9-15(11(2)10-14)16(18)12-4-6-13(17)7-5-12/h4-10H,3,17H2,1-2H3. The zero-order chi connectivity index (χ0) is 13.8. The van der Waals surface area contributed by atoms with E-state index in [1.165, 1.54) is 0 Å². The van der Waals surface area contributed by atoms with Crippen molar-refractivity contribution < 1.29 is 9.53 Å². The summed E-state index contributed by atoms with van der Waals surface area (Å²) in [6, 6.07) is 12.5. The van der Waals surface area contributed by atoms with Gasteiger partial charge in [-0.25, -0.2) is 0 Å². The van der Waals surface area contributed by atoms with Crippen LogP contribution in [-0.2, 0) is 0 Å². The molecule has 0 radical (unpaired) electrons. The fraction of sp³-hybridized carbons (Fsp3) is 0.188. The van der Waals surface area contributed by atoms with Crippen LogP contribution >= 0.6 is 0 Å². The molecule has 0 atom stereocenters. The molecule has 0 aliphatic heterocycles. The summed E-state index contributed by atoms with van der Waals surface area (Å²) in [5, 5.41) is 0. The average Bonchev–Trinajstić information content (AvgIpc) is 2.39. The summed E-state index contributed by atoms with van der Waals surface area (Å²) in [6.45, 7) is 4.46. The Balaban J connectivity index is 2.31. The van der Waals surface area contributed by atoms with E-state index < -0.39 is 0 Å². The highest BCUT2D eigenvalue weighted by Gasteiger charge is 2.12. The summed E-state index contributed by atoms with van der Waals surface area (Å²) in [7, 11) is 0. The van der Waals surface area contributed by atoms with Gasteiger partial charge in [0.1, 0.15) is 5.75 Å². The van der Waals surface area contributed by atoms with Crippen LogP contribution in [0.2, 0.25) is 0 Å². The number of hydrogen-bond donors (Lipinski definition) is 1. The minimum atomic E-state index is 0.000508. The van der Waals surface area contributed by atoms with E-state index in [0.29, 0.717) is 23.4 Å². The van der Waals surface area contributed by atoms with Gasteiger partial charge in [-0.3, -0.25) is 4.79 Å². The van der Waals surface area contributed by atoms with Gasteiger partial charge in [-0.1, -0.05) is 0 Å². The number of carbonyl (C=O) groups is 1. The highest BCUT2D eigenvalue weighted by molar-refractivity contribution is 6.10. The number of benzene rings is 2. The topological polar surface area (TPSA) is 52.3 Å². The Morgan fingerprint density at radius 1 is 1.16 bits per heavy atom. The number of nitrogen functional groups attached to an aromatic ring is 1. The van der Waals surface area contributed by atoms with Gasteiger partial charge in [0.05, 0.1) is 6.61 Å². The first kappa shape index (κ1) is 13.1. The van der Waals surface area contributed by atoms with E-state index in [4.69, 9.17) is 10.5 Å². The Morgan fingerprint density at radius 2 is 1.84 bits per heavy atom. The van der Waals surface area contributed by atoms with Crippen molar-refractivity contribution in [1.82, 2.24) is 0 Å². The van der Waals surface area contributed by atoms with Gasteiger partial charge in [0.15, 0.2) is 5.78 Å². The maximum absolute atomic E-state index is 12.4. The van der Waals surface area contributed by atoms with Crippen LogP contribution in [0.4, 0.5) is 5.69 Å². The first-order valence-electron chi connectivity index (χ1n) is 6.25. The maximum Gasteiger partial charge on any atom is 0.193 e. The molecule has 0 aromatic heterocycles. The lowest BCUT2D eigenvalue weighted by Gasteiger charge is -2.08. The highest BCUT2D eigenvalue weighted by Crippen LogP contribution is 2.20. The van der Waals surface area contributed by atoms with Gasteiger partial charge in [0, 0.05) is 16.8 Å². The van der Waals surface area contributed by atoms with E-state index >= 15 is 0 Å². The molecule has 2 aromatic carbocycles. The van der Waals surface area contributed by atoms with Crippen LogP contribution in [0.3, 0.4) is 0 Å². The largest absolute Gasteiger partial charge is 0.494 e. The molecule has 0 saturated heterocycles. The molecule has 2 N–H and O–H groups in total. The van der Waals surface area contributed by atoms with Crippen LogP contribution in [0.25, 0.3) is 0 Å². The molecular formula is C16H17NO2. The van der Waals surface area contributed by atoms with Gasteiger partial charge < -0.3 is 10.5 Å².